The molecule has 0 aromatic carbocycles. The van der Waals surface area contributed by atoms with Crippen molar-refractivity contribution in [3.05, 3.63) is 48.6 Å². The Hall–Kier alpha value is -1.85. The summed E-state index contributed by atoms with van der Waals surface area (Å²) in [5.74, 6) is -0.183. The lowest BCUT2D eigenvalue weighted by molar-refractivity contribution is -0.302. The summed E-state index contributed by atoms with van der Waals surface area (Å²) in [6.07, 6.45) is 64.8. The number of allylic oxidation sites excluding steroid dienone is 7. The average Bonchev–Trinajstić information content (AvgIpc) is 3.39. The monoisotopic (exact) mass is 1030 g/mol. The molecule has 1 amide bonds. The lowest BCUT2D eigenvalue weighted by atomic mass is 9.99. The van der Waals surface area contributed by atoms with Crippen LogP contribution in [0.3, 0.4) is 0 Å². The van der Waals surface area contributed by atoms with E-state index < -0.39 is 49.5 Å². The third-order valence-corrected chi connectivity index (χ3v) is 14.9. The normalized spacial score (nSPS) is 19.4. The highest BCUT2D eigenvalue weighted by Crippen LogP contribution is 2.23. The highest BCUT2D eigenvalue weighted by molar-refractivity contribution is 5.76. The number of aliphatic hydroxyl groups is 5. The lowest BCUT2D eigenvalue weighted by Crippen LogP contribution is -2.60. The van der Waals surface area contributed by atoms with Crippen molar-refractivity contribution >= 4 is 5.91 Å². The molecule has 73 heavy (non-hydrogen) atoms. The number of aliphatic hydroxyl groups excluding tert-OH is 5. The smallest absolute Gasteiger partial charge is 0.220 e. The third-order valence-electron chi connectivity index (χ3n) is 14.9. The van der Waals surface area contributed by atoms with E-state index in [9.17, 15) is 30.3 Å². The van der Waals surface area contributed by atoms with E-state index in [1.54, 1.807) is 6.08 Å². The van der Waals surface area contributed by atoms with E-state index in [0.717, 1.165) is 44.9 Å². The zero-order valence-corrected chi connectivity index (χ0v) is 47.6. The summed E-state index contributed by atoms with van der Waals surface area (Å²) in [7, 11) is 0. The van der Waals surface area contributed by atoms with Gasteiger partial charge in [-0.1, -0.05) is 274 Å². The maximum atomic E-state index is 13.1. The van der Waals surface area contributed by atoms with Gasteiger partial charge < -0.3 is 40.3 Å². The van der Waals surface area contributed by atoms with Crippen LogP contribution in [0.15, 0.2) is 48.6 Å². The van der Waals surface area contributed by atoms with Gasteiger partial charge in [-0.15, -0.1) is 0 Å². The number of carbonyl (C=O) groups excluding carboxylic acids is 1. The van der Waals surface area contributed by atoms with Gasteiger partial charge in [0.1, 0.15) is 24.4 Å². The number of hydrogen-bond donors (Lipinski definition) is 6. The molecule has 0 spiro atoms. The van der Waals surface area contributed by atoms with Crippen LogP contribution in [0.4, 0.5) is 0 Å². The predicted molar refractivity (Wildman–Crippen MR) is 309 cm³/mol. The summed E-state index contributed by atoms with van der Waals surface area (Å²) < 4.78 is 11.3. The molecule has 0 aliphatic carbocycles. The fourth-order valence-electron chi connectivity index (χ4n) is 9.91. The molecule has 0 bridgehead atoms. The molecule has 1 saturated heterocycles. The molecule has 0 saturated carbocycles. The Morgan fingerprint density at radius 3 is 1.23 bits per heavy atom. The van der Waals surface area contributed by atoms with Crippen LogP contribution in [-0.2, 0) is 14.3 Å². The van der Waals surface area contributed by atoms with Gasteiger partial charge in [-0.25, -0.2) is 0 Å². The van der Waals surface area contributed by atoms with Gasteiger partial charge in [-0.3, -0.25) is 4.79 Å². The summed E-state index contributed by atoms with van der Waals surface area (Å²) in [5.41, 5.74) is 0. The first kappa shape index (κ1) is 69.2. The highest BCUT2D eigenvalue weighted by Gasteiger charge is 2.44. The second-order valence-corrected chi connectivity index (χ2v) is 21.8. The molecule has 7 unspecified atom stereocenters. The van der Waals surface area contributed by atoms with Crippen LogP contribution in [0.1, 0.15) is 296 Å². The second-order valence-electron chi connectivity index (χ2n) is 21.8. The fourth-order valence-corrected chi connectivity index (χ4v) is 9.91. The molecule has 0 aromatic rings. The molecule has 9 heteroatoms. The summed E-state index contributed by atoms with van der Waals surface area (Å²) in [5, 5.41) is 54.6. The first-order valence-corrected chi connectivity index (χ1v) is 31.4. The molecule has 6 N–H and O–H groups in total. The van der Waals surface area contributed by atoms with Crippen molar-refractivity contribution in [1.82, 2.24) is 5.32 Å². The van der Waals surface area contributed by atoms with Crippen LogP contribution in [0, 0.1) is 0 Å². The molecule has 9 nitrogen and oxygen atoms in total. The molecular formula is C64H119NO8. The van der Waals surface area contributed by atoms with E-state index in [2.05, 4.69) is 55.6 Å². The van der Waals surface area contributed by atoms with Crippen LogP contribution in [0.2, 0.25) is 0 Å². The van der Waals surface area contributed by atoms with Crippen molar-refractivity contribution in [2.45, 2.75) is 339 Å². The number of nitrogens with one attached hydrogen (secondary N) is 1. The van der Waals surface area contributed by atoms with Crippen molar-refractivity contribution in [2.24, 2.45) is 0 Å². The summed E-state index contributed by atoms with van der Waals surface area (Å²) in [4.78, 5) is 13.1. The van der Waals surface area contributed by atoms with Gasteiger partial charge in [-0.05, 0) is 64.2 Å². The molecule has 428 valence electrons. The second kappa shape index (κ2) is 53.5. The Balaban J connectivity index is 2.16. The SMILES string of the molecule is CCCCCCC/C=C\C/C=C\CCCCCCCCCCCCCCCCCCCCCC(=O)NC(COC1OC(CO)C(O)C(O)C1O)C(O)/C=C/CC/C=C/CCCCCCCCCCCCCCC. The largest absolute Gasteiger partial charge is 0.394 e. The van der Waals surface area contributed by atoms with Crippen molar-refractivity contribution < 1.29 is 39.8 Å². The van der Waals surface area contributed by atoms with E-state index in [4.69, 9.17) is 9.47 Å². The zero-order chi connectivity index (χ0) is 52.9. The van der Waals surface area contributed by atoms with Crippen LogP contribution in [-0.4, -0.2) is 87.5 Å². The minimum atomic E-state index is -1.57. The van der Waals surface area contributed by atoms with E-state index in [-0.39, 0.29) is 12.5 Å². The number of carbonyl (C=O) groups is 1. The quantitative estimate of drug-likeness (QED) is 0.0261. The lowest BCUT2D eigenvalue weighted by Gasteiger charge is -2.40. The zero-order valence-electron chi connectivity index (χ0n) is 47.6. The van der Waals surface area contributed by atoms with E-state index >= 15 is 0 Å². The number of rotatable bonds is 54. The van der Waals surface area contributed by atoms with Gasteiger partial charge in [0.15, 0.2) is 6.29 Å². The van der Waals surface area contributed by atoms with Gasteiger partial charge in [0.25, 0.3) is 0 Å². The van der Waals surface area contributed by atoms with Gasteiger partial charge in [-0.2, -0.15) is 0 Å². The summed E-state index contributed by atoms with van der Waals surface area (Å²) >= 11 is 0. The van der Waals surface area contributed by atoms with Crippen molar-refractivity contribution in [1.29, 1.82) is 0 Å². The van der Waals surface area contributed by atoms with Crippen LogP contribution < -0.4 is 5.32 Å². The van der Waals surface area contributed by atoms with E-state index in [1.165, 1.54) is 231 Å². The first-order chi connectivity index (χ1) is 35.8. The molecule has 1 aliphatic heterocycles. The number of ether oxygens (including phenoxy) is 2. The molecular weight excluding hydrogens is 911 g/mol. The summed E-state index contributed by atoms with van der Waals surface area (Å²) in [6.45, 7) is 3.78. The highest BCUT2D eigenvalue weighted by atomic mass is 16.7. The molecule has 1 rings (SSSR count). The molecule has 0 radical (unpaired) electrons. The topological polar surface area (TPSA) is 149 Å². The van der Waals surface area contributed by atoms with Gasteiger partial charge >= 0.3 is 0 Å². The molecule has 7 atom stereocenters. The molecule has 0 aromatic heterocycles. The Labute approximate surface area is 450 Å². The van der Waals surface area contributed by atoms with Crippen LogP contribution in [0.25, 0.3) is 0 Å². The van der Waals surface area contributed by atoms with Crippen molar-refractivity contribution in [3.63, 3.8) is 0 Å². The Kier molecular flexibility index (Phi) is 50.7. The van der Waals surface area contributed by atoms with Gasteiger partial charge in [0, 0.05) is 6.42 Å². The molecule has 1 heterocycles. The Morgan fingerprint density at radius 1 is 0.466 bits per heavy atom. The van der Waals surface area contributed by atoms with E-state index in [0.29, 0.717) is 6.42 Å². The van der Waals surface area contributed by atoms with E-state index in [1.807, 2.05) is 6.08 Å². The maximum absolute atomic E-state index is 13.1. The Bertz CT molecular complexity index is 1290. The predicted octanol–water partition coefficient (Wildman–Crippen LogP) is 16.1. The van der Waals surface area contributed by atoms with Crippen LogP contribution >= 0.6 is 0 Å². The third kappa shape index (κ3) is 42.9. The number of amides is 1. The summed E-state index contributed by atoms with van der Waals surface area (Å²) in [6, 6.07) is -0.822. The number of unbranched alkanes of at least 4 members (excludes halogenated alkanes) is 38. The Morgan fingerprint density at radius 2 is 0.822 bits per heavy atom. The van der Waals surface area contributed by atoms with Crippen LogP contribution in [0.5, 0.6) is 0 Å². The standard InChI is InChI=1S/C64H119NO8/c1-3-5-7-9-11-13-15-17-19-21-23-24-25-26-27-28-29-30-31-32-33-34-36-38-40-42-44-46-48-50-52-54-60(68)65-57(56-72-64-63(71)62(70)61(69)59(55-66)73-64)58(67)53-51-49-47-45-43-41-39-37-35-22-20-18-16-14-12-10-8-6-4-2/h15,17,21,23,43,45,51,53,57-59,61-64,66-67,69-71H,3-14,16,18-20,22,24-42,44,46-50,52,54-56H2,1-2H3,(H,65,68)/b17-15-,23-21-,45-43+,53-51+. The van der Waals surface area contributed by atoms with Gasteiger partial charge in [0.05, 0.1) is 25.4 Å². The van der Waals surface area contributed by atoms with Gasteiger partial charge in [0.2, 0.25) is 5.91 Å². The minimum Gasteiger partial charge on any atom is -0.394 e. The molecule has 1 fully saturated rings. The fraction of sp³-hybridized carbons (Fsp3) is 0.859. The maximum Gasteiger partial charge on any atom is 0.220 e. The molecule has 1 aliphatic rings. The average molecular weight is 1030 g/mol. The number of hydrogen-bond acceptors (Lipinski definition) is 8. The van der Waals surface area contributed by atoms with Crippen molar-refractivity contribution in [3.8, 4) is 0 Å². The van der Waals surface area contributed by atoms with Crippen molar-refractivity contribution in [2.75, 3.05) is 13.2 Å². The minimum absolute atomic E-state index is 0.183. The first-order valence-electron chi connectivity index (χ1n) is 31.4.